The monoisotopic (exact) mass is 485 g/mol. The van der Waals surface area contributed by atoms with E-state index in [-0.39, 0.29) is 10.1 Å². The first-order valence-corrected chi connectivity index (χ1v) is 10.2. The number of benzene rings is 2. The second-order valence-corrected chi connectivity index (χ2v) is 7.35. The highest BCUT2D eigenvalue weighted by Crippen LogP contribution is 2.28. The molecule has 0 aliphatic heterocycles. The van der Waals surface area contributed by atoms with Gasteiger partial charge in [0.25, 0.3) is 11.8 Å². The summed E-state index contributed by atoms with van der Waals surface area (Å²) in [7, 11) is 1.58. The molecule has 0 saturated carbocycles. The van der Waals surface area contributed by atoms with Gasteiger partial charge in [0.2, 0.25) is 0 Å². The maximum Gasteiger partial charge on any atom is 0.279 e. The van der Waals surface area contributed by atoms with Crippen molar-refractivity contribution < 1.29 is 23.8 Å². The summed E-state index contributed by atoms with van der Waals surface area (Å²) in [6, 6.07) is 11.1. The van der Waals surface area contributed by atoms with E-state index < -0.39 is 17.9 Å². The Labute approximate surface area is 195 Å². The number of nitrogens with one attached hydrogen (secondary N) is 3. The molecule has 0 bridgehead atoms. The molecule has 0 aliphatic rings. The molecule has 0 fully saturated rings. The lowest BCUT2D eigenvalue weighted by Crippen LogP contribution is -2.51. The van der Waals surface area contributed by atoms with Crippen LogP contribution < -0.4 is 25.6 Å². The molecule has 2 rings (SSSR count). The van der Waals surface area contributed by atoms with Crippen LogP contribution in [0, 0.1) is 0 Å². The standard InChI is InChI=1S/C20H21Cl2N3O5S/c1-12(30-17-8-5-14(21)11-16(17)22)18(26)24-25-20(31)23-19(27)13-3-6-15(7-4-13)29-10-9-28-2/h3-8,11-12H,9-10H2,1-2H3,(H,24,26)(H2,23,25,27,31). The smallest absolute Gasteiger partial charge is 0.279 e. The van der Waals surface area contributed by atoms with Crippen LogP contribution >= 0.6 is 35.4 Å². The van der Waals surface area contributed by atoms with Crippen molar-refractivity contribution in [1.82, 2.24) is 16.2 Å². The minimum atomic E-state index is -0.893. The molecule has 0 aromatic heterocycles. The van der Waals surface area contributed by atoms with Gasteiger partial charge >= 0.3 is 0 Å². The summed E-state index contributed by atoms with van der Waals surface area (Å²) in [4.78, 5) is 24.4. The van der Waals surface area contributed by atoms with Crippen LogP contribution in [0.4, 0.5) is 0 Å². The van der Waals surface area contributed by atoms with Crippen LogP contribution in [0.5, 0.6) is 11.5 Å². The summed E-state index contributed by atoms with van der Waals surface area (Å²) < 4.78 is 15.8. The van der Waals surface area contributed by atoms with Crippen LogP contribution in [-0.4, -0.2) is 43.4 Å². The molecule has 0 aliphatic carbocycles. The molecular formula is C20H21Cl2N3O5S. The molecule has 31 heavy (non-hydrogen) atoms. The SMILES string of the molecule is COCCOc1ccc(C(=O)NC(=S)NNC(=O)C(C)Oc2ccc(Cl)cc2Cl)cc1. The molecule has 2 aromatic rings. The number of hydrogen-bond acceptors (Lipinski definition) is 6. The number of amides is 2. The fraction of sp³-hybridized carbons (Fsp3) is 0.250. The van der Waals surface area contributed by atoms with E-state index in [2.05, 4.69) is 16.2 Å². The number of rotatable bonds is 8. The molecule has 166 valence electrons. The van der Waals surface area contributed by atoms with Crippen molar-refractivity contribution in [2.24, 2.45) is 0 Å². The van der Waals surface area contributed by atoms with Gasteiger partial charge in [-0.3, -0.25) is 25.8 Å². The zero-order valence-corrected chi connectivity index (χ0v) is 19.1. The molecule has 0 spiro atoms. The molecule has 2 aromatic carbocycles. The van der Waals surface area contributed by atoms with Gasteiger partial charge in [0, 0.05) is 17.7 Å². The summed E-state index contributed by atoms with van der Waals surface area (Å²) in [5, 5.41) is 3.09. The predicted molar refractivity (Wildman–Crippen MR) is 122 cm³/mol. The van der Waals surface area contributed by atoms with E-state index in [9.17, 15) is 9.59 Å². The van der Waals surface area contributed by atoms with Crippen molar-refractivity contribution >= 4 is 52.3 Å². The van der Waals surface area contributed by atoms with Crippen molar-refractivity contribution in [3.63, 3.8) is 0 Å². The maximum absolute atomic E-state index is 12.2. The lowest BCUT2D eigenvalue weighted by molar-refractivity contribution is -0.127. The van der Waals surface area contributed by atoms with Gasteiger partial charge in [0.05, 0.1) is 11.6 Å². The molecule has 11 heteroatoms. The van der Waals surface area contributed by atoms with Crippen LogP contribution in [0.3, 0.4) is 0 Å². The first kappa shape index (κ1) is 24.7. The highest BCUT2D eigenvalue weighted by Gasteiger charge is 2.17. The zero-order valence-electron chi connectivity index (χ0n) is 16.7. The van der Waals surface area contributed by atoms with Gasteiger partial charge in [-0.05, 0) is 61.6 Å². The topological polar surface area (TPSA) is 97.9 Å². The predicted octanol–water partition coefficient (Wildman–Crippen LogP) is 3.12. The van der Waals surface area contributed by atoms with Crippen molar-refractivity contribution in [3.05, 3.63) is 58.1 Å². The zero-order chi connectivity index (χ0) is 22.8. The first-order chi connectivity index (χ1) is 14.8. The van der Waals surface area contributed by atoms with Gasteiger partial charge < -0.3 is 14.2 Å². The number of ether oxygens (including phenoxy) is 3. The Balaban J connectivity index is 1.78. The number of hydrazine groups is 1. The van der Waals surface area contributed by atoms with Crippen molar-refractivity contribution in [3.8, 4) is 11.5 Å². The van der Waals surface area contributed by atoms with Crippen LogP contribution in [0.25, 0.3) is 0 Å². The van der Waals surface area contributed by atoms with Gasteiger partial charge in [0.1, 0.15) is 18.1 Å². The van der Waals surface area contributed by atoms with Gasteiger partial charge in [-0.1, -0.05) is 23.2 Å². The Morgan fingerprint density at radius 1 is 1.06 bits per heavy atom. The van der Waals surface area contributed by atoms with Gasteiger partial charge in [-0.2, -0.15) is 0 Å². The van der Waals surface area contributed by atoms with Crippen LogP contribution in [0.15, 0.2) is 42.5 Å². The summed E-state index contributed by atoms with van der Waals surface area (Å²) in [6.07, 6.45) is -0.893. The molecule has 1 atom stereocenters. The van der Waals surface area contributed by atoms with E-state index in [1.54, 1.807) is 43.5 Å². The van der Waals surface area contributed by atoms with Crippen LogP contribution in [-0.2, 0) is 9.53 Å². The second-order valence-electron chi connectivity index (χ2n) is 6.10. The molecule has 8 nitrogen and oxygen atoms in total. The summed E-state index contributed by atoms with van der Waals surface area (Å²) >= 11 is 16.9. The molecule has 3 N–H and O–H groups in total. The Kier molecular flexibility index (Phi) is 9.80. The lowest BCUT2D eigenvalue weighted by Gasteiger charge is -2.17. The Hall–Kier alpha value is -2.59. The lowest BCUT2D eigenvalue weighted by atomic mass is 10.2. The van der Waals surface area contributed by atoms with E-state index in [0.717, 1.165) is 0 Å². The normalized spacial score (nSPS) is 11.2. The third kappa shape index (κ3) is 8.22. The highest BCUT2D eigenvalue weighted by molar-refractivity contribution is 7.80. The quantitative estimate of drug-likeness (QED) is 0.300. The van der Waals surface area contributed by atoms with E-state index in [4.69, 9.17) is 49.6 Å². The maximum atomic E-state index is 12.2. The van der Waals surface area contributed by atoms with Crippen molar-refractivity contribution in [2.45, 2.75) is 13.0 Å². The Bertz CT molecular complexity index is 928. The number of carbonyl (C=O) groups is 2. The Morgan fingerprint density at radius 3 is 2.42 bits per heavy atom. The third-order valence-corrected chi connectivity index (χ3v) is 4.50. The highest BCUT2D eigenvalue weighted by atomic mass is 35.5. The molecule has 0 saturated heterocycles. The van der Waals surface area contributed by atoms with E-state index >= 15 is 0 Å². The molecule has 1 unspecified atom stereocenters. The number of methoxy groups -OCH3 is 1. The van der Waals surface area contributed by atoms with Crippen molar-refractivity contribution in [2.75, 3.05) is 20.3 Å². The second kappa shape index (κ2) is 12.3. The fourth-order valence-electron chi connectivity index (χ4n) is 2.19. The molecule has 2 amide bonds. The number of hydrogen-bond donors (Lipinski definition) is 3. The van der Waals surface area contributed by atoms with Crippen molar-refractivity contribution in [1.29, 1.82) is 0 Å². The minimum Gasteiger partial charge on any atom is -0.491 e. The molecular weight excluding hydrogens is 465 g/mol. The largest absolute Gasteiger partial charge is 0.491 e. The van der Waals surface area contributed by atoms with Gasteiger partial charge in [0.15, 0.2) is 11.2 Å². The Morgan fingerprint density at radius 2 is 1.77 bits per heavy atom. The molecule has 0 radical (unpaired) electrons. The first-order valence-electron chi connectivity index (χ1n) is 9.05. The number of thiocarbonyl (C=S) groups is 1. The van der Waals surface area contributed by atoms with E-state index in [1.807, 2.05) is 0 Å². The minimum absolute atomic E-state index is 0.0875. The molecule has 0 heterocycles. The summed E-state index contributed by atoms with van der Waals surface area (Å²) in [6.45, 7) is 2.40. The number of halogens is 2. The average Bonchev–Trinajstić information content (AvgIpc) is 2.74. The van der Waals surface area contributed by atoms with Gasteiger partial charge in [-0.25, -0.2) is 0 Å². The third-order valence-electron chi connectivity index (χ3n) is 3.77. The summed E-state index contributed by atoms with van der Waals surface area (Å²) in [5.41, 5.74) is 5.17. The fourth-order valence-corrected chi connectivity index (χ4v) is 2.78. The van der Waals surface area contributed by atoms with Gasteiger partial charge in [-0.15, -0.1) is 0 Å². The van der Waals surface area contributed by atoms with Crippen LogP contribution in [0.1, 0.15) is 17.3 Å². The number of carbonyl (C=O) groups excluding carboxylic acids is 2. The van der Waals surface area contributed by atoms with E-state index in [0.29, 0.717) is 35.3 Å². The average molecular weight is 486 g/mol. The summed E-state index contributed by atoms with van der Waals surface area (Å²) in [5.74, 6) is -0.0665. The van der Waals surface area contributed by atoms with Crippen LogP contribution in [0.2, 0.25) is 10.0 Å². The van der Waals surface area contributed by atoms with E-state index in [1.165, 1.54) is 13.0 Å².